The first-order valence-corrected chi connectivity index (χ1v) is 8.82. The highest BCUT2D eigenvalue weighted by Crippen LogP contribution is 2.30. The van der Waals surface area contributed by atoms with Crippen LogP contribution in [0.4, 0.5) is 8.78 Å². The van der Waals surface area contributed by atoms with Crippen LogP contribution in [0, 0.1) is 24.5 Å². The molecule has 0 spiro atoms. The number of rotatable bonds is 3. The molecule has 5 heteroatoms. The first kappa shape index (κ1) is 18.5. The number of amides is 1. The van der Waals surface area contributed by atoms with Gasteiger partial charge in [-0.1, -0.05) is 50.2 Å². The minimum Gasteiger partial charge on any atom is -0.366 e. The standard InChI is InChI=1S/C21H23F2NO2/c1-13(2)17-11-24(12-18(26-17)15-7-5-4-6-8-15)21(25)19-16(22)10-9-14(3)20(19)23/h4-10,13,17-18H,11-12H2,1-3H3/t17-,18+/m1/s1. The van der Waals surface area contributed by atoms with E-state index in [0.717, 1.165) is 11.6 Å². The molecule has 1 aliphatic rings. The van der Waals surface area contributed by atoms with Crippen molar-refractivity contribution >= 4 is 5.91 Å². The zero-order valence-electron chi connectivity index (χ0n) is 15.2. The van der Waals surface area contributed by atoms with Crippen molar-refractivity contribution < 1.29 is 18.3 Å². The minimum atomic E-state index is -0.832. The number of aryl methyl sites for hydroxylation is 1. The molecule has 0 N–H and O–H groups in total. The predicted octanol–water partition coefficient (Wildman–Crippen LogP) is 4.51. The van der Waals surface area contributed by atoms with Gasteiger partial charge in [-0.05, 0) is 30.0 Å². The van der Waals surface area contributed by atoms with Gasteiger partial charge in [-0.3, -0.25) is 4.79 Å². The van der Waals surface area contributed by atoms with Crippen LogP contribution in [0.3, 0.4) is 0 Å². The van der Waals surface area contributed by atoms with Crippen LogP contribution in [0.15, 0.2) is 42.5 Å². The second-order valence-corrected chi connectivity index (χ2v) is 7.08. The SMILES string of the molecule is Cc1ccc(F)c(C(=O)N2C[C@@H](c3ccccc3)O[C@@H](C(C)C)C2)c1F. The van der Waals surface area contributed by atoms with Gasteiger partial charge in [0.2, 0.25) is 0 Å². The topological polar surface area (TPSA) is 29.5 Å². The Hall–Kier alpha value is -2.27. The molecule has 3 nitrogen and oxygen atoms in total. The van der Waals surface area contributed by atoms with Crippen LogP contribution in [-0.4, -0.2) is 30.0 Å². The van der Waals surface area contributed by atoms with Gasteiger partial charge >= 0.3 is 0 Å². The Balaban J connectivity index is 1.93. The van der Waals surface area contributed by atoms with Crippen LogP contribution in [-0.2, 0) is 4.74 Å². The summed E-state index contributed by atoms with van der Waals surface area (Å²) in [5, 5.41) is 0. The molecule has 1 amide bonds. The molecule has 0 radical (unpaired) electrons. The number of carbonyl (C=O) groups is 1. The van der Waals surface area contributed by atoms with Crippen LogP contribution in [0.1, 0.15) is 41.4 Å². The van der Waals surface area contributed by atoms with Crippen LogP contribution in [0.25, 0.3) is 0 Å². The summed E-state index contributed by atoms with van der Waals surface area (Å²) in [6.07, 6.45) is -0.522. The third-order valence-corrected chi connectivity index (χ3v) is 4.83. The fourth-order valence-electron chi connectivity index (χ4n) is 3.19. The number of hydrogen-bond donors (Lipinski definition) is 0. The summed E-state index contributed by atoms with van der Waals surface area (Å²) in [5.74, 6) is -2.08. The lowest BCUT2D eigenvalue weighted by molar-refractivity contribution is -0.0956. The smallest absolute Gasteiger partial charge is 0.260 e. The van der Waals surface area contributed by atoms with E-state index >= 15 is 0 Å². The molecule has 0 saturated carbocycles. The van der Waals surface area contributed by atoms with Crippen molar-refractivity contribution in [2.75, 3.05) is 13.1 Å². The average molecular weight is 359 g/mol. The van der Waals surface area contributed by atoms with Crippen LogP contribution in [0.5, 0.6) is 0 Å². The van der Waals surface area contributed by atoms with E-state index in [2.05, 4.69) is 0 Å². The summed E-state index contributed by atoms with van der Waals surface area (Å²) in [6, 6.07) is 12.1. The fourth-order valence-corrected chi connectivity index (χ4v) is 3.19. The van der Waals surface area contributed by atoms with Gasteiger partial charge in [0.05, 0.1) is 12.6 Å². The summed E-state index contributed by atoms with van der Waals surface area (Å²) < 4.78 is 34.8. The molecule has 26 heavy (non-hydrogen) atoms. The van der Waals surface area contributed by atoms with E-state index in [-0.39, 0.29) is 30.2 Å². The van der Waals surface area contributed by atoms with Crippen molar-refractivity contribution in [2.24, 2.45) is 5.92 Å². The second kappa shape index (κ2) is 7.54. The molecule has 0 aliphatic carbocycles. The Labute approximate surface area is 152 Å². The van der Waals surface area contributed by atoms with Gasteiger partial charge in [0.25, 0.3) is 5.91 Å². The van der Waals surface area contributed by atoms with Crippen LogP contribution in [0.2, 0.25) is 0 Å². The minimum absolute atomic E-state index is 0.170. The number of benzene rings is 2. The normalized spacial score (nSPS) is 20.5. The maximum absolute atomic E-state index is 14.4. The highest BCUT2D eigenvalue weighted by Gasteiger charge is 2.35. The summed E-state index contributed by atoms with van der Waals surface area (Å²) in [5.41, 5.74) is 0.713. The van der Waals surface area contributed by atoms with Gasteiger partial charge in [-0.15, -0.1) is 0 Å². The van der Waals surface area contributed by atoms with E-state index in [1.54, 1.807) is 0 Å². The van der Waals surface area contributed by atoms with Crippen molar-refractivity contribution in [3.8, 4) is 0 Å². The van der Waals surface area contributed by atoms with Crippen molar-refractivity contribution in [1.82, 2.24) is 4.90 Å². The Morgan fingerprint density at radius 1 is 1.12 bits per heavy atom. The summed E-state index contributed by atoms with van der Waals surface area (Å²) in [4.78, 5) is 14.4. The molecule has 138 valence electrons. The number of morpholine rings is 1. The average Bonchev–Trinajstić information content (AvgIpc) is 2.65. The Kier molecular flexibility index (Phi) is 5.37. The van der Waals surface area contributed by atoms with Crippen molar-refractivity contribution in [1.29, 1.82) is 0 Å². The van der Waals surface area contributed by atoms with E-state index in [1.165, 1.54) is 17.9 Å². The number of halogens is 2. The van der Waals surface area contributed by atoms with E-state index in [1.807, 2.05) is 44.2 Å². The predicted molar refractivity (Wildman–Crippen MR) is 95.9 cm³/mol. The quantitative estimate of drug-likeness (QED) is 0.807. The maximum Gasteiger partial charge on any atom is 0.260 e. The van der Waals surface area contributed by atoms with Gasteiger partial charge in [-0.2, -0.15) is 0 Å². The summed E-state index contributed by atoms with van der Waals surface area (Å²) in [6.45, 7) is 6.11. The lowest BCUT2D eigenvalue weighted by Gasteiger charge is -2.40. The van der Waals surface area contributed by atoms with Crippen LogP contribution < -0.4 is 0 Å². The highest BCUT2D eigenvalue weighted by atomic mass is 19.1. The molecule has 3 rings (SSSR count). The molecule has 0 unspecified atom stereocenters. The second-order valence-electron chi connectivity index (χ2n) is 7.08. The lowest BCUT2D eigenvalue weighted by atomic mass is 10.00. The zero-order chi connectivity index (χ0) is 18.8. The van der Waals surface area contributed by atoms with E-state index in [9.17, 15) is 13.6 Å². The van der Waals surface area contributed by atoms with E-state index in [4.69, 9.17) is 4.74 Å². The molecule has 1 aliphatic heterocycles. The van der Waals surface area contributed by atoms with E-state index < -0.39 is 23.1 Å². The number of carbonyl (C=O) groups excluding carboxylic acids is 1. The maximum atomic E-state index is 14.4. The van der Waals surface area contributed by atoms with Gasteiger partial charge in [-0.25, -0.2) is 8.78 Å². The Morgan fingerprint density at radius 2 is 1.81 bits per heavy atom. The number of ether oxygens (including phenoxy) is 1. The third-order valence-electron chi connectivity index (χ3n) is 4.83. The molecule has 1 heterocycles. The largest absolute Gasteiger partial charge is 0.366 e. The van der Waals surface area contributed by atoms with Crippen molar-refractivity contribution in [2.45, 2.75) is 33.0 Å². The van der Waals surface area contributed by atoms with E-state index in [0.29, 0.717) is 6.54 Å². The highest BCUT2D eigenvalue weighted by molar-refractivity contribution is 5.95. The summed E-state index contributed by atoms with van der Waals surface area (Å²) in [7, 11) is 0. The number of hydrogen-bond acceptors (Lipinski definition) is 2. The third kappa shape index (κ3) is 3.63. The molecule has 2 aromatic carbocycles. The molecular weight excluding hydrogens is 336 g/mol. The lowest BCUT2D eigenvalue weighted by Crippen LogP contribution is -2.49. The Morgan fingerprint density at radius 3 is 2.46 bits per heavy atom. The molecule has 1 fully saturated rings. The van der Waals surface area contributed by atoms with Gasteiger partial charge in [0, 0.05) is 6.54 Å². The fraction of sp³-hybridized carbons (Fsp3) is 0.381. The number of nitrogens with zero attached hydrogens (tertiary/aromatic N) is 1. The molecule has 2 atom stereocenters. The molecule has 2 aromatic rings. The zero-order valence-corrected chi connectivity index (χ0v) is 15.2. The van der Waals surface area contributed by atoms with Gasteiger partial charge in [0.1, 0.15) is 23.3 Å². The monoisotopic (exact) mass is 359 g/mol. The molecular formula is C21H23F2NO2. The van der Waals surface area contributed by atoms with Crippen molar-refractivity contribution in [3.63, 3.8) is 0 Å². The van der Waals surface area contributed by atoms with Gasteiger partial charge in [0.15, 0.2) is 0 Å². The molecule has 1 saturated heterocycles. The first-order valence-electron chi connectivity index (χ1n) is 8.82. The molecule has 0 aromatic heterocycles. The van der Waals surface area contributed by atoms with Gasteiger partial charge < -0.3 is 9.64 Å². The van der Waals surface area contributed by atoms with Crippen molar-refractivity contribution in [3.05, 3.63) is 70.8 Å². The van der Waals surface area contributed by atoms with Crippen LogP contribution >= 0.6 is 0 Å². The molecule has 0 bridgehead atoms. The Bertz CT molecular complexity index is 792. The first-order chi connectivity index (χ1) is 12.4. The summed E-state index contributed by atoms with van der Waals surface area (Å²) >= 11 is 0.